The van der Waals surface area contributed by atoms with Gasteiger partial charge >= 0.3 is 0 Å². The molecule has 0 bridgehead atoms. The van der Waals surface area contributed by atoms with Gasteiger partial charge in [-0.25, -0.2) is 9.67 Å². The van der Waals surface area contributed by atoms with E-state index < -0.39 is 0 Å². The van der Waals surface area contributed by atoms with E-state index in [0.717, 1.165) is 42.8 Å². The Bertz CT molecular complexity index is 1310. The summed E-state index contributed by atoms with van der Waals surface area (Å²) in [4.78, 5) is 32.3. The molecule has 11 heteroatoms. The number of nitrogens with zero attached hydrogens (tertiary/aromatic N) is 5. The number of nitrogens with one attached hydrogen (secondary N) is 1. The lowest BCUT2D eigenvalue weighted by Gasteiger charge is -2.27. The molecule has 10 nitrogen and oxygen atoms in total. The topological polar surface area (TPSA) is 104 Å². The summed E-state index contributed by atoms with van der Waals surface area (Å²) in [7, 11) is 0. The summed E-state index contributed by atoms with van der Waals surface area (Å²) >= 11 is 6.75. The first-order valence-corrected chi connectivity index (χ1v) is 12.6. The molecule has 188 valence electrons. The average molecular weight is 511 g/mol. The number of aromatic nitrogens is 4. The lowest BCUT2D eigenvalue weighted by atomic mass is 10.0. The number of carbonyl (C=O) groups excluding carboxylic acids is 2. The van der Waals surface area contributed by atoms with Crippen molar-refractivity contribution >= 4 is 23.4 Å². The fourth-order valence-electron chi connectivity index (χ4n) is 5.15. The van der Waals surface area contributed by atoms with Crippen molar-refractivity contribution in [1.82, 2.24) is 29.5 Å². The van der Waals surface area contributed by atoms with Gasteiger partial charge in [-0.1, -0.05) is 17.7 Å². The Morgan fingerprint density at radius 2 is 1.94 bits per heavy atom. The minimum Gasteiger partial charge on any atom is -0.378 e. The molecule has 3 aromatic rings. The second kappa shape index (κ2) is 9.68. The third-order valence-electron chi connectivity index (χ3n) is 7.06. The van der Waals surface area contributed by atoms with Crippen LogP contribution in [0.2, 0.25) is 5.02 Å². The van der Waals surface area contributed by atoms with Gasteiger partial charge in [0, 0.05) is 25.2 Å². The molecule has 2 aromatic heterocycles. The zero-order chi connectivity index (χ0) is 24.6. The summed E-state index contributed by atoms with van der Waals surface area (Å²) < 4.78 is 15.0. The minimum absolute atomic E-state index is 0.129. The van der Waals surface area contributed by atoms with Crippen molar-refractivity contribution in [2.45, 2.75) is 38.5 Å². The van der Waals surface area contributed by atoms with E-state index in [1.165, 1.54) is 0 Å². The quantitative estimate of drug-likeness (QED) is 0.578. The van der Waals surface area contributed by atoms with Gasteiger partial charge in [0.2, 0.25) is 0 Å². The number of benzene rings is 1. The van der Waals surface area contributed by atoms with E-state index >= 15 is 0 Å². The molecule has 5 heterocycles. The Morgan fingerprint density at radius 3 is 2.81 bits per heavy atom. The van der Waals surface area contributed by atoms with Gasteiger partial charge in [-0.05, 0) is 31.4 Å². The number of hydrogen-bond acceptors (Lipinski definition) is 6. The van der Waals surface area contributed by atoms with Crippen molar-refractivity contribution in [2.24, 2.45) is 0 Å². The Kier molecular flexibility index (Phi) is 6.24. The number of carbonyl (C=O) groups is 2. The van der Waals surface area contributed by atoms with Crippen molar-refractivity contribution in [3.63, 3.8) is 0 Å². The maximum Gasteiger partial charge on any atom is 0.272 e. The van der Waals surface area contributed by atoms with Crippen molar-refractivity contribution in [3.8, 4) is 5.69 Å². The first-order valence-electron chi connectivity index (χ1n) is 12.3. The molecule has 3 aliphatic rings. The van der Waals surface area contributed by atoms with Crippen LogP contribution in [0.5, 0.6) is 0 Å². The third kappa shape index (κ3) is 4.08. The number of halogens is 1. The summed E-state index contributed by atoms with van der Waals surface area (Å²) in [6, 6.07) is 4.98. The second-order valence-electron chi connectivity index (χ2n) is 9.23. The normalized spacial score (nSPS) is 19.5. The van der Waals surface area contributed by atoms with Crippen LogP contribution in [-0.4, -0.2) is 69.0 Å². The molecule has 0 radical (unpaired) electrons. The van der Waals surface area contributed by atoms with Crippen LogP contribution in [0, 0.1) is 0 Å². The number of amides is 2. The number of morpholine rings is 1. The second-order valence-corrected chi connectivity index (χ2v) is 9.61. The summed E-state index contributed by atoms with van der Waals surface area (Å²) in [5.74, 6) is -0.341. The van der Waals surface area contributed by atoms with Gasteiger partial charge in [0.05, 0.1) is 72.7 Å². The molecule has 1 unspecified atom stereocenters. The Balaban J connectivity index is 1.26. The molecule has 2 amide bonds. The maximum atomic E-state index is 13.1. The maximum absolute atomic E-state index is 13.1. The number of hydrogen-bond donors (Lipinski definition) is 1. The predicted octanol–water partition coefficient (Wildman–Crippen LogP) is 2.53. The van der Waals surface area contributed by atoms with Crippen LogP contribution in [0.1, 0.15) is 56.7 Å². The highest BCUT2D eigenvalue weighted by Gasteiger charge is 2.30. The molecular weight excluding hydrogens is 484 g/mol. The fourth-order valence-corrected chi connectivity index (χ4v) is 5.44. The summed E-state index contributed by atoms with van der Waals surface area (Å²) in [6.07, 6.45) is 6.50. The fraction of sp³-hybridized carbons (Fsp3) is 0.440. The van der Waals surface area contributed by atoms with Crippen molar-refractivity contribution in [2.75, 3.05) is 32.9 Å². The average Bonchev–Trinajstić information content (AvgIpc) is 3.54. The molecule has 1 N–H and O–H groups in total. The third-order valence-corrected chi connectivity index (χ3v) is 7.46. The number of aryl methyl sites for hydroxylation is 1. The van der Waals surface area contributed by atoms with Crippen molar-refractivity contribution in [3.05, 3.63) is 64.0 Å². The van der Waals surface area contributed by atoms with Gasteiger partial charge < -0.3 is 24.3 Å². The van der Waals surface area contributed by atoms with Gasteiger partial charge in [-0.2, -0.15) is 5.10 Å². The van der Waals surface area contributed by atoms with E-state index in [0.29, 0.717) is 61.5 Å². The van der Waals surface area contributed by atoms with Crippen molar-refractivity contribution in [1.29, 1.82) is 0 Å². The molecule has 1 atom stereocenters. The lowest BCUT2D eigenvalue weighted by molar-refractivity contribution is 0.0303. The molecule has 0 spiro atoms. The van der Waals surface area contributed by atoms with Crippen LogP contribution in [-0.2, 0) is 29.0 Å². The monoisotopic (exact) mass is 510 g/mol. The van der Waals surface area contributed by atoms with Crippen LogP contribution in [0.4, 0.5) is 0 Å². The predicted molar refractivity (Wildman–Crippen MR) is 130 cm³/mol. The van der Waals surface area contributed by atoms with E-state index in [1.54, 1.807) is 34.2 Å². The zero-order valence-corrected chi connectivity index (χ0v) is 20.5. The standard InChI is InChI=1S/C25H27ClN6O4/c26-22-16(25(34)30-8-10-35-11-9-30)4-3-6-19(22)32-21-14-36-13-18(17(21)12-28-32)29-24(33)23-20-5-1-2-7-31(20)15-27-23/h3-4,6,12,15,18H,1-2,5,7-11,13-14H2,(H,29,33). The summed E-state index contributed by atoms with van der Waals surface area (Å²) in [6.45, 7) is 3.65. The largest absolute Gasteiger partial charge is 0.378 e. The molecule has 6 rings (SSSR count). The van der Waals surface area contributed by atoms with E-state index in [1.807, 2.05) is 6.07 Å². The summed E-state index contributed by atoms with van der Waals surface area (Å²) in [5, 5.41) is 7.98. The zero-order valence-electron chi connectivity index (χ0n) is 19.8. The van der Waals surface area contributed by atoms with E-state index in [2.05, 4.69) is 20.0 Å². The first kappa shape index (κ1) is 23.2. The lowest BCUT2D eigenvalue weighted by Crippen LogP contribution is -2.40. The molecule has 0 aliphatic carbocycles. The molecule has 0 saturated carbocycles. The van der Waals surface area contributed by atoms with E-state index in [4.69, 9.17) is 21.1 Å². The van der Waals surface area contributed by atoms with E-state index in [9.17, 15) is 9.59 Å². The van der Waals surface area contributed by atoms with Crippen LogP contribution in [0.25, 0.3) is 5.69 Å². The Morgan fingerprint density at radius 1 is 1.08 bits per heavy atom. The van der Waals surface area contributed by atoms with Crippen LogP contribution < -0.4 is 5.32 Å². The number of imidazole rings is 1. The highest BCUT2D eigenvalue weighted by molar-refractivity contribution is 6.35. The van der Waals surface area contributed by atoms with Crippen LogP contribution in [0.3, 0.4) is 0 Å². The number of fused-ring (bicyclic) bond motifs is 2. The number of rotatable bonds is 4. The molecule has 1 aromatic carbocycles. The van der Waals surface area contributed by atoms with Gasteiger partial charge in [-0.3, -0.25) is 9.59 Å². The number of ether oxygens (including phenoxy) is 2. The van der Waals surface area contributed by atoms with E-state index in [-0.39, 0.29) is 17.9 Å². The van der Waals surface area contributed by atoms with Gasteiger partial charge in [-0.15, -0.1) is 0 Å². The highest BCUT2D eigenvalue weighted by atomic mass is 35.5. The molecule has 1 saturated heterocycles. The Labute approximate surface area is 213 Å². The molecule has 36 heavy (non-hydrogen) atoms. The van der Waals surface area contributed by atoms with Crippen LogP contribution >= 0.6 is 11.6 Å². The molecule has 3 aliphatic heterocycles. The minimum atomic E-state index is -0.368. The molecular formula is C25H27ClN6O4. The van der Waals surface area contributed by atoms with Gasteiger partial charge in [0.1, 0.15) is 5.69 Å². The Hall–Kier alpha value is -3.21. The summed E-state index contributed by atoms with van der Waals surface area (Å²) in [5.41, 5.74) is 4.13. The first-order chi connectivity index (χ1) is 17.6. The smallest absolute Gasteiger partial charge is 0.272 e. The van der Waals surface area contributed by atoms with Gasteiger partial charge in [0.15, 0.2) is 0 Å². The van der Waals surface area contributed by atoms with Gasteiger partial charge in [0.25, 0.3) is 11.8 Å². The van der Waals surface area contributed by atoms with Crippen LogP contribution in [0.15, 0.2) is 30.7 Å². The van der Waals surface area contributed by atoms with Crippen molar-refractivity contribution < 1.29 is 19.1 Å². The molecule has 1 fully saturated rings. The highest BCUT2D eigenvalue weighted by Crippen LogP contribution is 2.32. The SMILES string of the molecule is O=C(NC1COCc2c1cnn2-c1cccc(C(=O)N2CCOCC2)c1Cl)c1ncn2c1CCCC2.